The molecule has 74 valence electrons. The smallest absolute Gasteiger partial charge is 0.125 e. The minimum absolute atomic E-state index is 0.443. The van der Waals surface area contributed by atoms with Crippen LogP contribution < -0.4 is 5.73 Å². The van der Waals surface area contributed by atoms with Crippen molar-refractivity contribution in [2.75, 3.05) is 0 Å². The molecule has 0 fully saturated rings. The molecule has 4 nitrogen and oxygen atoms in total. The Hall–Kier alpha value is -1.55. The maximum Gasteiger partial charge on any atom is 0.125 e. The first-order valence-electron chi connectivity index (χ1n) is 4.55. The predicted molar refractivity (Wildman–Crippen MR) is 52.7 cm³/mol. The maximum absolute atomic E-state index is 5.46. The zero-order chi connectivity index (χ0) is 9.97. The third kappa shape index (κ3) is 1.85. The summed E-state index contributed by atoms with van der Waals surface area (Å²) in [7, 11) is 0. The lowest BCUT2D eigenvalue weighted by molar-refractivity contribution is 0.445. The Bertz CT molecular complexity index is 416. The van der Waals surface area contributed by atoms with Crippen molar-refractivity contribution in [1.29, 1.82) is 0 Å². The van der Waals surface area contributed by atoms with E-state index in [0.717, 1.165) is 17.2 Å². The molecule has 0 unspecified atom stereocenters. The van der Waals surface area contributed by atoms with Gasteiger partial charge in [-0.2, -0.15) is 5.10 Å². The van der Waals surface area contributed by atoms with Crippen molar-refractivity contribution < 1.29 is 4.42 Å². The summed E-state index contributed by atoms with van der Waals surface area (Å²) in [5.41, 5.74) is 6.45. The summed E-state index contributed by atoms with van der Waals surface area (Å²) in [6.45, 7) is 3.07. The lowest BCUT2D eigenvalue weighted by Gasteiger charge is -1.97. The molecular weight excluding hydrogens is 178 g/mol. The van der Waals surface area contributed by atoms with Gasteiger partial charge in [0.15, 0.2) is 0 Å². The van der Waals surface area contributed by atoms with E-state index >= 15 is 0 Å². The van der Waals surface area contributed by atoms with Gasteiger partial charge >= 0.3 is 0 Å². The molecule has 14 heavy (non-hydrogen) atoms. The second kappa shape index (κ2) is 3.67. The molecule has 0 spiro atoms. The fourth-order valence-electron chi connectivity index (χ4n) is 1.33. The summed E-state index contributed by atoms with van der Waals surface area (Å²) in [6, 6.07) is 5.79. The van der Waals surface area contributed by atoms with Crippen LogP contribution in [0.1, 0.15) is 17.2 Å². The average Bonchev–Trinajstić information content (AvgIpc) is 2.76. The average molecular weight is 191 g/mol. The fourth-order valence-corrected chi connectivity index (χ4v) is 1.33. The normalized spacial score (nSPS) is 10.7. The van der Waals surface area contributed by atoms with E-state index in [9.17, 15) is 0 Å². The van der Waals surface area contributed by atoms with Crippen LogP contribution in [-0.4, -0.2) is 9.78 Å². The number of nitrogens with two attached hydrogens (primary N) is 1. The summed E-state index contributed by atoms with van der Waals surface area (Å²) in [6.07, 6.45) is 1.93. The predicted octanol–water partition coefficient (Wildman–Crippen LogP) is 1.29. The second-order valence-electron chi connectivity index (χ2n) is 3.23. The van der Waals surface area contributed by atoms with Crippen molar-refractivity contribution in [2.24, 2.45) is 5.73 Å². The Balaban J connectivity index is 2.10. The molecule has 4 heteroatoms. The second-order valence-corrected chi connectivity index (χ2v) is 3.23. The maximum atomic E-state index is 5.46. The Kier molecular flexibility index (Phi) is 2.37. The molecule has 0 atom stereocenters. The van der Waals surface area contributed by atoms with Crippen LogP contribution in [0.3, 0.4) is 0 Å². The number of rotatable bonds is 3. The summed E-state index contributed by atoms with van der Waals surface area (Å²) in [5.74, 6) is 1.69. The van der Waals surface area contributed by atoms with Crippen LogP contribution in [0.25, 0.3) is 0 Å². The van der Waals surface area contributed by atoms with E-state index < -0.39 is 0 Å². The molecule has 0 saturated carbocycles. The van der Waals surface area contributed by atoms with Crippen LogP contribution in [0, 0.1) is 6.92 Å². The number of hydrogen-bond acceptors (Lipinski definition) is 3. The Morgan fingerprint density at radius 2 is 2.14 bits per heavy atom. The highest BCUT2D eigenvalue weighted by atomic mass is 16.3. The molecule has 2 aromatic heterocycles. The van der Waals surface area contributed by atoms with Crippen LogP contribution in [-0.2, 0) is 13.1 Å². The van der Waals surface area contributed by atoms with E-state index in [1.807, 2.05) is 36.0 Å². The summed E-state index contributed by atoms with van der Waals surface area (Å²) in [4.78, 5) is 0. The van der Waals surface area contributed by atoms with E-state index in [-0.39, 0.29) is 0 Å². The van der Waals surface area contributed by atoms with Crippen molar-refractivity contribution >= 4 is 0 Å². The lowest BCUT2D eigenvalue weighted by Crippen LogP contribution is -1.99. The van der Waals surface area contributed by atoms with Crippen molar-refractivity contribution in [1.82, 2.24) is 9.78 Å². The molecule has 0 aliphatic carbocycles. The molecule has 0 amide bonds. The SMILES string of the molecule is Cc1ccn(Cc2ccc(CN)o2)n1. The molecule has 0 aliphatic heterocycles. The minimum Gasteiger partial charge on any atom is -0.463 e. The number of hydrogen-bond donors (Lipinski definition) is 1. The van der Waals surface area contributed by atoms with Crippen LogP contribution >= 0.6 is 0 Å². The van der Waals surface area contributed by atoms with Crippen LogP contribution in [0.4, 0.5) is 0 Å². The summed E-state index contributed by atoms with van der Waals surface area (Å²) < 4.78 is 7.30. The highest BCUT2D eigenvalue weighted by molar-refractivity contribution is 5.07. The van der Waals surface area contributed by atoms with Gasteiger partial charge in [-0.1, -0.05) is 0 Å². The largest absolute Gasteiger partial charge is 0.463 e. The number of nitrogens with zero attached hydrogens (tertiary/aromatic N) is 2. The zero-order valence-electron chi connectivity index (χ0n) is 8.10. The van der Waals surface area contributed by atoms with Gasteiger partial charge in [-0.15, -0.1) is 0 Å². The Labute approximate surface area is 82.3 Å². The van der Waals surface area contributed by atoms with E-state index in [2.05, 4.69) is 5.10 Å². The van der Waals surface area contributed by atoms with Gasteiger partial charge in [-0.25, -0.2) is 0 Å². The first kappa shape index (κ1) is 9.02. The van der Waals surface area contributed by atoms with Crippen LogP contribution in [0.5, 0.6) is 0 Å². The molecule has 2 N–H and O–H groups in total. The molecule has 0 radical (unpaired) electrons. The molecule has 2 rings (SSSR count). The van der Waals surface area contributed by atoms with Crippen LogP contribution in [0.15, 0.2) is 28.8 Å². The summed E-state index contributed by atoms with van der Waals surface area (Å²) in [5, 5.41) is 4.27. The van der Waals surface area contributed by atoms with Gasteiger partial charge in [0, 0.05) is 6.20 Å². The highest BCUT2D eigenvalue weighted by Gasteiger charge is 2.01. The van der Waals surface area contributed by atoms with Gasteiger partial charge in [0.25, 0.3) is 0 Å². The topological polar surface area (TPSA) is 57.0 Å². The van der Waals surface area contributed by atoms with Crippen molar-refractivity contribution in [3.8, 4) is 0 Å². The van der Waals surface area contributed by atoms with Crippen molar-refractivity contribution in [2.45, 2.75) is 20.0 Å². The van der Waals surface area contributed by atoms with Gasteiger partial charge in [0.2, 0.25) is 0 Å². The molecule has 0 aliphatic rings. The number of aromatic nitrogens is 2. The number of furan rings is 1. The van der Waals surface area contributed by atoms with Gasteiger partial charge in [0.1, 0.15) is 11.5 Å². The van der Waals surface area contributed by atoms with Gasteiger partial charge in [-0.3, -0.25) is 4.68 Å². The van der Waals surface area contributed by atoms with E-state index in [1.54, 1.807) is 0 Å². The molecule has 0 aromatic carbocycles. The molecular formula is C10H13N3O. The minimum atomic E-state index is 0.443. The highest BCUT2D eigenvalue weighted by Crippen LogP contribution is 2.08. The molecule has 0 bridgehead atoms. The molecule has 0 saturated heterocycles. The van der Waals surface area contributed by atoms with Crippen molar-refractivity contribution in [3.63, 3.8) is 0 Å². The first-order valence-corrected chi connectivity index (χ1v) is 4.55. The van der Waals surface area contributed by atoms with E-state index in [4.69, 9.17) is 10.2 Å². The third-order valence-electron chi connectivity index (χ3n) is 2.01. The fraction of sp³-hybridized carbons (Fsp3) is 0.300. The monoisotopic (exact) mass is 191 g/mol. The Morgan fingerprint density at radius 3 is 2.71 bits per heavy atom. The van der Waals surface area contributed by atoms with Gasteiger partial charge in [0.05, 0.1) is 18.8 Å². The van der Waals surface area contributed by atoms with Crippen LogP contribution in [0.2, 0.25) is 0 Å². The summed E-state index contributed by atoms with van der Waals surface area (Å²) >= 11 is 0. The lowest BCUT2D eigenvalue weighted by atomic mass is 10.4. The van der Waals surface area contributed by atoms with Gasteiger partial charge < -0.3 is 10.2 Å². The quantitative estimate of drug-likeness (QED) is 0.795. The van der Waals surface area contributed by atoms with E-state index in [1.165, 1.54) is 0 Å². The number of aryl methyl sites for hydroxylation is 1. The van der Waals surface area contributed by atoms with Crippen molar-refractivity contribution in [3.05, 3.63) is 41.6 Å². The van der Waals surface area contributed by atoms with E-state index in [0.29, 0.717) is 13.1 Å². The first-order chi connectivity index (χ1) is 6.78. The molecule has 2 heterocycles. The third-order valence-corrected chi connectivity index (χ3v) is 2.01. The molecule has 2 aromatic rings. The standard InChI is InChI=1S/C10H13N3O/c1-8-4-5-13(12-8)7-10-3-2-9(6-11)14-10/h2-5H,6-7,11H2,1H3. The Morgan fingerprint density at radius 1 is 1.36 bits per heavy atom. The zero-order valence-corrected chi connectivity index (χ0v) is 8.10. The van der Waals surface area contributed by atoms with Gasteiger partial charge in [-0.05, 0) is 25.1 Å².